The quantitative estimate of drug-likeness (QED) is 0.471. The van der Waals surface area contributed by atoms with Crippen LogP contribution in [0, 0.1) is 11.5 Å². The predicted octanol–water partition coefficient (Wildman–Crippen LogP) is 1.99. The molecule has 0 atom stereocenters. The normalized spacial score (nSPS) is 8.73. The van der Waals surface area contributed by atoms with Crippen molar-refractivity contribution in [3.63, 3.8) is 0 Å². The molecule has 2 heteroatoms. The highest BCUT2D eigenvalue weighted by molar-refractivity contribution is 5.49. The van der Waals surface area contributed by atoms with Gasteiger partial charge in [0.1, 0.15) is 0 Å². The Morgan fingerprint density at radius 1 is 1.36 bits per heavy atom. The van der Waals surface area contributed by atoms with Crippen molar-refractivity contribution in [1.82, 2.24) is 0 Å². The summed E-state index contributed by atoms with van der Waals surface area (Å²) in [6.07, 6.45) is 2.10. The highest BCUT2D eigenvalue weighted by atomic mass is 15.1. The Morgan fingerprint density at radius 3 is 2.45 bits per heavy atom. The Hall–Kier alpha value is -1.49. The maximum absolute atomic E-state index is 8.66. The molecule has 1 rings (SSSR count). The van der Waals surface area contributed by atoms with Crippen LogP contribution >= 0.6 is 0 Å². The van der Waals surface area contributed by atoms with E-state index in [1.807, 2.05) is 37.3 Å². The van der Waals surface area contributed by atoms with E-state index >= 15 is 0 Å². The Kier molecular flexibility index (Phi) is 2.51. The van der Waals surface area contributed by atoms with Gasteiger partial charge in [-0.05, 0) is 19.1 Å². The van der Waals surface area contributed by atoms with Crippen LogP contribution < -0.4 is 4.90 Å². The maximum Gasteiger partial charge on any atom is 0.184 e. The monoisotopic (exact) mass is 146 g/mol. The highest BCUT2D eigenvalue weighted by Crippen LogP contribution is 2.10. The molecule has 0 spiro atoms. The average Bonchev–Trinajstić information content (AvgIpc) is 2.09. The molecule has 0 amide bonds. The van der Waals surface area contributed by atoms with Crippen LogP contribution in [0.3, 0.4) is 0 Å². The van der Waals surface area contributed by atoms with E-state index in [4.69, 9.17) is 5.26 Å². The first-order chi connectivity index (χ1) is 5.38. The van der Waals surface area contributed by atoms with Gasteiger partial charge in [0.25, 0.3) is 0 Å². The summed E-state index contributed by atoms with van der Waals surface area (Å²) in [5.41, 5.74) is 0.956. The molecule has 11 heavy (non-hydrogen) atoms. The van der Waals surface area contributed by atoms with Gasteiger partial charge in [0, 0.05) is 6.54 Å². The second kappa shape index (κ2) is 3.62. The van der Waals surface area contributed by atoms with E-state index in [9.17, 15) is 0 Å². The SMILES string of the molecule is CCN(C#N)c1ccccc1. The summed E-state index contributed by atoms with van der Waals surface area (Å²) in [5, 5.41) is 8.66. The van der Waals surface area contributed by atoms with E-state index in [2.05, 4.69) is 6.19 Å². The fourth-order valence-corrected chi connectivity index (χ4v) is 0.919. The van der Waals surface area contributed by atoms with Crippen molar-refractivity contribution in [2.45, 2.75) is 6.92 Å². The van der Waals surface area contributed by atoms with Crippen molar-refractivity contribution in [2.24, 2.45) is 0 Å². The number of nitrogens with zero attached hydrogens (tertiary/aromatic N) is 2. The smallest absolute Gasteiger partial charge is 0.184 e. The lowest BCUT2D eigenvalue weighted by Crippen LogP contribution is -2.14. The second-order valence-electron chi connectivity index (χ2n) is 2.18. The van der Waals surface area contributed by atoms with Gasteiger partial charge in [-0.2, -0.15) is 5.26 Å². The molecule has 0 bridgehead atoms. The van der Waals surface area contributed by atoms with Crippen molar-refractivity contribution in [2.75, 3.05) is 11.4 Å². The van der Waals surface area contributed by atoms with Crippen LogP contribution in [0.15, 0.2) is 30.3 Å². The van der Waals surface area contributed by atoms with Crippen molar-refractivity contribution >= 4 is 5.69 Å². The van der Waals surface area contributed by atoms with E-state index < -0.39 is 0 Å². The van der Waals surface area contributed by atoms with E-state index in [1.54, 1.807) is 4.90 Å². The molecule has 0 aromatic heterocycles. The van der Waals surface area contributed by atoms with E-state index in [-0.39, 0.29) is 0 Å². The number of rotatable bonds is 2. The lowest BCUT2D eigenvalue weighted by molar-refractivity contribution is 1.03. The van der Waals surface area contributed by atoms with E-state index in [0.29, 0.717) is 0 Å². The van der Waals surface area contributed by atoms with E-state index in [0.717, 1.165) is 12.2 Å². The molecule has 1 aromatic carbocycles. The predicted molar refractivity (Wildman–Crippen MR) is 45.1 cm³/mol. The summed E-state index contributed by atoms with van der Waals surface area (Å²) < 4.78 is 0. The van der Waals surface area contributed by atoms with Gasteiger partial charge >= 0.3 is 0 Å². The summed E-state index contributed by atoms with van der Waals surface area (Å²) in [7, 11) is 0. The number of anilines is 1. The lowest BCUT2D eigenvalue weighted by Gasteiger charge is -2.11. The number of hydrogen-bond acceptors (Lipinski definition) is 2. The van der Waals surface area contributed by atoms with Gasteiger partial charge in [-0.15, -0.1) is 0 Å². The molecule has 0 aliphatic rings. The molecular weight excluding hydrogens is 136 g/mol. The first kappa shape index (κ1) is 7.62. The third-order valence-electron chi connectivity index (χ3n) is 1.50. The molecule has 0 fully saturated rings. The van der Waals surface area contributed by atoms with Crippen LogP contribution in [-0.4, -0.2) is 6.54 Å². The Balaban J connectivity index is 2.85. The molecular formula is C9H10N2. The third-order valence-corrected chi connectivity index (χ3v) is 1.50. The minimum absolute atomic E-state index is 0.723. The third kappa shape index (κ3) is 1.71. The molecule has 0 radical (unpaired) electrons. The van der Waals surface area contributed by atoms with Gasteiger partial charge < -0.3 is 0 Å². The zero-order chi connectivity index (χ0) is 8.10. The summed E-state index contributed by atoms with van der Waals surface area (Å²) in [6.45, 7) is 2.68. The van der Waals surface area contributed by atoms with Crippen LogP contribution in [-0.2, 0) is 0 Å². The summed E-state index contributed by atoms with van der Waals surface area (Å²) in [6, 6.07) is 9.64. The molecule has 0 aliphatic carbocycles. The molecule has 0 aliphatic heterocycles. The molecule has 56 valence electrons. The van der Waals surface area contributed by atoms with Gasteiger partial charge in [-0.25, -0.2) is 0 Å². The number of hydrogen-bond donors (Lipinski definition) is 0. The molecule has 0 N–H and O–H groups in total. The molecule has 2 nitrogen and oxygen atoms in total. The summed E-state index contributed by atoms with van der Waals surface area (Å²) in [4.78, 5) is 1.64. The van der Waals surface area contributed by atoms with Crippen molar-refractivity contribution in [3.8, 4) is 6.19 Å². The fourth-order valence-electron chi connectivity index (χ4n) is 0.919. The van der Waals surface area contributed by atoms with Crippen LogP contribution in [0.2, 0.25) is 0 Å². The van der Waals surface area contributed by atoms with Crippen molar-refractivity contribution in [3.05, 3.63) is 30.3 Å². The number of benzene rings is 1. The standard InChI is InChI=1S/C9H10N2/c1-2-11(8-10)9-6-4-3-5-7-9/h3-7H,2H2,1H3. The van der Waals surface area contributed by atoms with Crippen LogP contribution in [0.4, 0.5) is 5.69 Å². The van der Waals surface area contributed by atoms with Gasteiger partial charge in [0.15, 0.2) is 6.19 Å². The fraction of sp³-hybridized carbons (Fsp3) is 0.222. The summed E-state index contributed by atoms with van der Waals surface area (Å²) >= 11 is 0. The average molecular weight is 146 g/mol. The number of para-hydroxylation sites is 1. The largest absolute Gasteiger partial charge is 0.280 e. The van der Waals surface area contributed by atoms with Crippen LogP contribution in [0.1, 0.15) is 6.92 Å². The highest BCUT2D eigenvalue weighted by Gasteiger charge is 1.98. The Morgan fingerprint density at radius 2 is 2.00 bits per heavy atom. The molecule has 0 heterocycles. The Bertz CT molecular complexity index is 248. The first-order valence-corrected chi connectivity index (χ1v) is 3.60. The van der Waals surface area contributed by atoms with Gasteiger partial charge in [0.2, 0.25) is 0 Å². The van der Waals surface area contributed by atoms with Gasteiger partial charge in [-0.1, -0.05) is 18.2 Å². The van der Waals surface area contributed by atoms with Crippen molar-refractivity contribution in [1.29, 1.82) is 5.26 Å². The molecule has 0 saturated carbocycles. The van der Waals surface area contributed by atoms with E-state index in [1.165, 1.54) is 0 Å². The zero-order valence-corrected chi connectivity index (χ0v) is 6.49. The molecule has 0 unspecified atom stereocenters. The topological polar surface area (TPSA) is 27.0 Å². The van der Waals surface area contributed by atoms with Crippen LogP contribution in [0.5, 0.6) is 0 Å². The van der Waals surface area contributed by atoms with Crippen LogP contribution in [0.25, 0.3) is 0 Å². The first-order valence-electron chi connectivity index (χ1n) is 3.60. The lowest BCUT2D eigenvalue weighted by atomic mass is 10.3. The van der Waals surface area contributed by atoms with Crippen molar-refractivity contribution < 1.29 is 0 Å². The second-order valence-corrected chi connectivity index (χ2v) is 2.18. The number of nitriles is 1. The zero-order valence-electron chi connectivity index (χ0n) is 6.49. The minimum Gasteiger partial charge on any atom is -0.280 e. The molecule has 1 aromatic rings. The summed E-state index contributed by atoms with van der Waals surface area (Å²) in [5.74, 6) is 0. The molecule has 0 saturated heterocycles. The Labute approximate surface area is 66.7 Å². The minimum atomic E-state index is 0.723. The van der Waals surface area contributed by atoms with Gasteiger partial charge in [0.05, 0.1) is 5.69 Å². The maximum atomic E-state index is 8.66. The van der Waals surface area contributed by atoms with Gasteiger partial charge in [-0.3, -0.25) is 4.90 Å².